The van der Waals surface area contributed by atoms with E-state index < -0.39 is 0 Å². The van der Waals surface area contributed by atoms with Gasteiger partial charge in [-0.15, -0.1) is 11.3 Å². The molecule has 0 saturated carbocycles. The lowest BCUT2D eigenvalue weighted by Crippen LogP contribution is -2.12. The van der Waals surface area contributed by atoms with Gasteiger partial charge in [0.25, 0.3) is 5.56 Å². The lowest BCUT2D eigenvalue weighted by Gasteiger charge is -1.98. The van der Waals surface area contributed by atoms with Crippen LogP contribution in [0.4, 0.5) is 0 Å². The van der Waals surface area contributed by atoms with Gasteiger partial charge in [-0.3, -0.25) is 8.75 Å². The molecule has 0 N–H and O–H groups in total. The van der Waals surface area contributed by atoms with Crippen LogP contribution in [0.25, 0.3) is 5.57 Å². The highest BCUT2D eigenvalue weighted by atomic mass is 35.5. The monoisotopic (exact) mass is 322 g/mol. The molecule has 0 spiro atoms. The van der Waals surface area contributed by atoms with Gasteiger partial charge in [0.2, 0.25) is 0 Å². The summed E-state index contributed by atoms with van der Waals surface area (Å²) in [5.41, 5.74) is 2.01. The van der Waals surface area contributed by atoms with E-state index in [1.807, 2.05) is 23.6 Å². The number of hydrogen-bond acceptors (Lipinski definition) is 4. The number of hydrogen-bond donors (Lipinski definition) is 0. The van der Waals surface area contributed by atoms with Gasteiger partial charge in [-0.2, -0.15) is 0 Å². The topological polar surface area (TPSA) is 34.9 Å². The van der Waals surface area contributed by atoms with E-state index >= 15 is 0 Å². The van der Waals surface area contributed by atoms with Crippen LogP contribution in [0.15, 0.2) is 46.6 Å². The standard InChI is InChI=1S/C14H11ClN2OS2/c15-12-7-13(18)17(20-12)8-11-9-19-14(16-11)10-5-3-1-2-4-6-10/h1-5,7,9H,6,8H2. The van der Waals surface area contributed by atoms with Crippen molar-refractivity contribution >= 4 is 40.0 Å². The van der Waals surface area contributed by atoms with Gasteiger partial charge >= 0.3 is 0 Å². The fraction of sp³-hybridized carbons (Fsp3) is 0.143. The van der Waals surface area contributed by atoms with Crippen LogP contribution in [0, 0.1) is 0 Å². The molecule has 2 aromatic rings. The Morgan fingerprint density at radius 2 is 2.25 bits per heavy atom. The number of nitrogens with zero attached hydrogens (tertiary/aromatic N) is 2. The van der Waals surface area contributed by atoms with E-state index in [2.05, 4.69) is 17.1 Å². The molecule has 3 rings (SSSR count). The minimum absolute atomic E-state index is 0.0749. The largest absolute Gasteiger partial charge is 0.268 e. The molecule has 2 aromatic heterocycles. The van der Waals surface area contributed by atoms with Gasteiger partial charge in [-0.05, 0) is 23.5 Å². The van der Waals surface area contributed by atoms with Crippen LogP contribution in [0.1, 0.15) is 17.1 Å². The average Bonchev–Trinajstić information content (AvgIpc) is 2.88. The zero-order valence-electron chi connectivity index (χ0n) is 10.5. The predicted molar refractivity (Wildman–Crippen MR) is 85.7 cm³/mol. The van der Waals surface area contributed by atoms with Crippen molar-refractivity contribution in [2.24, 2.45) is 0 Å². The van der Waals surface area contributed by atoms with Crippen molar-refractivity contribution in [3.05, 3.63) is 67.2 Å². The summed E-state index contributed by atoms with van der Waals surface area (Å²) in [5, 5.41) is 3.00. The van der Waals surface area contributed by atoms with E-state index in [-0.39, 0.29) is 5.56 Å². The third kappa shape index (κ3) is 3.00. The smallest absolute Gasteiger partial charge is 0.262 e. The van der Waals surface area contributed by atoms with Crippen LogP contribution in [0.5, 0.6) is 0 Å². The molecule has 0 aliphatic heterocycles. The highest BCUT2D eigenvalue weighted by Crippen LogP contribution is 2.25. The van der Waals surface area contributed by atoms with E-state index in [4.69, 9.17) is 11.6 Å². The lowest BCUT2D eigenvalue weighted by atomic mass is 10.2. The first-order valence-electron chi connectivity index (χ1n) is 6.06. The quantitative estimate of drug-likeness (QED) is 0.857. The third-order valence-corrected chi connectivity index (χ3v) is 4.91. The van der Waals surface area contributed by atoms with Crippen LogP contribution in [0.3, 0.4) is 0 Å². The second-order valence-corrected chi connectivity index (χ2v) is 6.82. The van der Waals surface area contributed by atoms with Gasteiger partial charge in [-0.1, -0.05) is 42.0 Å². The molecule has 1 aliphatic carbocycles. The zero-order chi connectivity index (χ0) is 13.9. The van der Waals surface area contributed by atoms with Crippen LogP contribution >= 0.6 is 34.5 Å². The Hall–Kier alpha value is -1.43. The lowest BCUT2D eigenvalue weighted by molar-refractivity contribution is 0.825. The number of thiazole rings is 1. The maximum Gasteiger partial charge on any atom is 0.262 e. The van der Waals surface area contributed by atoms with Gasteiger partial charge in [-0.25, -0.2) is 4.98 Å². The zero-order valence-corrected chi connectivity index (χ0v) is 12.8. The number of aromatic nitrogens is 2. The summed E-state index contributed by atoms with van der Waals surface area (Å²) in [5.74, 6) is 0. The molecule has 3 nitrogen and oxygen atoms in total. The first kappa shape index (κ1) is 13.5. The van der Waals surface area contributed by atoms with Gasteiger partial charge in [0.05, 0.1) is 12.2 Å². The normalized spacial score (nSPS) is 14.3. The van der Waals surface area contributed by atoms with Gasteiger partial charge in [0, 0.05) is 11.4 Å². The Balaban J connectivity index is 1.82. The van der Waals surface area contributed by atoms with E-state index in [1.165, 1.54) is 23.2 Å². The molecule has 0 amide bonds. The molecule has 0 saturated heterocycles. The van der Waals surface area contributed by atoms with Crippen molar-refractivity contribution in [3.8, 4) is 0 Å². The molecule has 0 fully saturated rings. The summed E-state index contributed by atoms with van der Waals surface area (Å²) in [6.45, 7) is 0.478. The maximum atomic E-state index is 11.6. The molecule has 20 heavy (non-hydrogen) atoms. The summed E-state index contributed by atoms with van der Waals surface area (Å²) in [7, 11) is 0. The SMILES string of the molecule is O=c1cc(Cl)sn1Cc1csc(C2=CC=CC=CC2)n1. The van der Waals surface area contributed by atoms with Gasteiger partial charge in [0.1, 0.15) is 9.34 Å². The average molecular weight is 323 g/mol. The fourth-order valence-corrected chi connectivity index (χ4v) is 3.76. The minimum atomic E-state index is -0.0749. The van der Waals surface area contributed by atoms with Crippen molar-refractivity contribution in [1.82, 2.24) is 8.94 Å². The first-order valence-corrected chi connectivity index (χ1v) is 8.09. The van der Waals surface area contributed by atoms with Gasteiger partial charge in [0.15, 0.2) is 0 Å². The first-order chi connectivity index (χ1) is 9.72. The Labute approximate surface area is 129 Å². The van der Waals surface area contributed by atoms with Gasteiger partial charge < -0.3 is 0 Å². The molecule has 0 unspecified atom stereocenters. The van der Waals surface area contributed by atoms with E-state index in [9.17, 15) is 4.79 Å². The number of rotatable bonds is 3. The molecule has 1 aliphatic rings. The summed E-state index contributed by atoms with van der Waals surface area (Å²) >= 11 is 8.69. The summed E-state index contributed by atoms with van der Waals surface area (Å²) in [6.07, 6.45) is 11.1. The second-order valence-electron chi connectivity index (χ2n) is 4.27. The summed E-state index contributed by atoms with van der Waals surface area (Å²) < 4.78 is 2.12. The molecule has 0 radical (unpaired) electrons. The van der Waals surface area contributed by atoms with E-state index in [0.717, 1.165) is 17.1 Å². The molecule has 0 atom stereocenters. The Morgan fingerprint density at radius 1 is 1.35 bits per heavy atom. The number of allylic oxidation sites excluding steroid dienone is 6. The highest BCUT2D eigenvalue weighted by molar-refractivity contribution is 7.11. The van der Waals surface area contributed by atoms with Crippen molar-refractivity contribution in [2.45, 2.75) is 13.0 Å². The second kappa shape index (κ2) is 5.91. The Kier molecular flexibility index (Phi) is 4.00. The molecule has 2 heterocycles. The number of halogens is 1. The molecular formula is C14H11ClN2OS2. The van der Waals surface area contributed by atoms with Crippen LogP contribution < -0.4 is 5.56 Å². The maximum absolute atomic E-state index is 11.6. The summed E-state index contributed by atoms with van der Waals surface area (Å²) in [6, 6.07) is 1.43. The summed E-state index contributed by atoms with van der Waals surface area (Å²) in [4.78, 5) is 16.2. The van der Waals surface area contributed by atoms with E-state index in [1.54, 1.807) is 15.3 Å². The fourth-order valence-electron chi connectivity index (χ4n) is 1.87. The molecule has 6 heteroatoms. The van der Waals surface area contributed by atoms with Crippen molar-refractivity contribution in [3.63, 3.8) is 0 Å². The van der Waals surface area contributed by atoms with E-state index in [0.29, 0.717) is 10.9 Å². The Bertz CT molecular complexity index is 764. The molecule has 0 aromatic carbocycles. The minimum Gasteiger partial charge on any atom is -0.268 e. The molecular weight excluding hydrogens is 312 g/mol. The predicted octanol–water partition coefficient (Wildman–Crippen LogP) is 3.97. The third-order valence-electron chi connectivity index (χ3n) is 2.81. The van der Waals surface area contributed by atoms with Crippen LogP contribution in [0.2, 0.25) is 4.34 Å². The van der Waals surface area contributed by atoms with Crippen LogP contribution in [-0.4, -0.2) is 8.94 Å². The molecule has 0 bridgehead atoms. The Morgan fingerprint density at radius 3 is 3.05 bits per heavy atom. The van der Waals surface area contributed by atoms with Crippen molar-refractivity contribution in [2.75, 3.05) is 0 Å². The van der Waals surface area contributed by atoms with Crippen molar-refractivity contribution < 1.29 is 0 Å². The van der Waals surface area contributed by atoms with Crippen LogP contribution in [-0.2, 0) is 6.54 Å². The highest BCUT2D eigenvalue weighted by Gasteiger charge is 2.09. The molecule has 102 valence electrons. The van der Waals surface area contributed by atoms with Crippen molar-refractivity contribution in [1.29, 1.82) is 0 Å².